The van der Waals surface area contributed by atoms with Crippen molar-refractivity contribution in [1.29, 1.82) is 0 Å². The summed E-state index contributed by atoms with van der Waals surface area (Å²) in [5, 5.41) is 3.66. The third-order valence-corrected chi connectivity index (χ3v) is 6.96. The molecule has 1 rings (SSSR count). The molecule has 0 spiro atoms. The standard InChI is InChI=1S/C28H57N/c1-2-4-6-8-10-12-14-16-18-20-22-24-26-28-29-27-25-23-21-19-17-15-13-11-9-7-5-3-1/h29H,1-28H2. The molecule has 0 aliphatic carbocycles. The molecule has 1 aliphatic rings. The van der Waals surface area contributed by atoms with Crippen molar-refractivity contribution >= 4 is 0 Å². The van der Waals surface area contributed by atoms with Crippen molar-refractivity contribution in [3.05, 3.63) is 0 Å². The molecule has 0 atom stereocenters. The van der Waals surface area contributed by atoms with Crippen molar-refractivity contribution in [3.8, 4) is 0 Å². The lowest BCUT2D eigenvalue weighted by Gasteiger charge is -2.06. The van der Waals surface area contributed by atoms with Gasteiger partial charge in [-0.15, -0.1) is 0 Å². The van der Waals surface area contributed by atoms with Crippen LogP contribution in [-0.4, -0.2) is 13.1 Å². The van der Waals surface area contributed by atoms with E-state index in [1.807, 2.05) is 0 Å². The molecule has 1 heteroatoms. The fraction of sp³-hybridized carbons (Fsp3) is 1.00. The lowest BCUT2D eigenvalue weighted by atomic mass is 10.0. The van der Waals surface area contributed by atoms with Crippen LogP contribution in [0.2, 0.25) is 0 Å². The molecule has 0 unspecified atom stereocenters. The summed E-state index contributed by atoms with van der Waals surface area (Å²) in [5.74, 6) is 0. The lowest BCUT2D eigenvalue weighted by Crippen LogP contribution is -2.16. The highest BCUT2D eigenvalue weighted by molar-refractivity contribution is 4.54. The molecule has 0 radical (unpaired) electrons. The first-order valence-electron chi connectivity index (χ1n) is 14.2. The van der Waals surface area contributed by atoms with Crippen molar-refractivity contribution in [2.75, 3.05) is 13.1 Å². The molecule has 1 nitrogen and oxygen atoms in total. The molecular formula is C28H57N. The van der Waals surface area contributed by atoms with E-state index in [-0.39, 0.29) is 0 Å². The van der Waals surface area contributed by atoms with E-state index in [2.05, 4.69) is 5.32 Å². The molecule has 1 fully saturated rings. The minimum atomic E-state index is 1.25. The Morgan fingerprint density at radius 2 is 0.310 bits per heavy atom. The van der Waals surface area contributed by atoms with Gasteiger partial charge in [0.25, 0.3) is 0 Å². The maximum Gasteiger partial charge on any atom is -0.00489 e. The smallest absolute Gasteiger partial charge is 0.00489 e. The van der Waals surface area contributed by atoms with Gasteiger partial charge in [0.15, 0.2) is 0 Å². The number of hydrogen-bond donors (Lipinski definition) is 1. The van der Waals surface area contributed by atoms with Crippen LogP contribution in [0.5, 0.6) is 0 Å². The molecule has 0 amide bonds. The van der Waals surface area contributed by atoms with Crippen LogP contribution < -0.4 is 5.32 Å². The van der Waals surface area contributed by atoms with Gasteiger partial charge >= 0.3 is 0 Å². The van der Waals surface area contributed by atoms with Crippen LogP contribution in [0.25, 0.3) is 0 Å². The van der Waals surface area contributed by atoms with Crippen LogP contribution in [-0.2, 0) is 0 Å². The molecule has 0 aromatic rings. The maximum atomic E-state index is 3.66. The molecule has 0 aromatic carbocycles. The molecule has 174 valence electrons. The van der Waals surface area contributed by atoms with E-state index < -0.39 is 0 Å². The molecule has 29 heavy (non-hydrogen) atoms. The molecule has 0 aromatic heterocycles. The number of nitrogens with one attached hydrogen (secondary N) is 1. The Labute approximate surface area is 185 Å². The van der Waals surface area contributed by atoms with Crippen LogP contribution >= 0.6 is 0 Å². The Hall–Kier alpha value is -0.0400. The second-order valence-electron chi connectivity index (χ2n) is 9.94. The van der Waals surface area contributed by atoms with Gasteiger partial charge in [-0.25, -0.2) is 0 Å². The van der Waals surface area contributed by atoms with Crippen molar-refractivity contribution in [3.63, 3.8) is 0 Å². The summed E-state index contributed by atoms with van der Waals surface area (Å²) in [7, 11) is 0. The van der Waals surface area contributed by atoms with Crippen LogP contribution in [0.4, 0.5) is 0 Å². The topological polar surface area (TPSA) is 12.0 Å². The van der Waals surface area contributed by atoms with Gasteiger partial charge in [-0.1, -0.05) is 154 Å². The lowest BCUT2D eigenvalue weighted by molar-refractivity contribution is 0.516. The van der Waals surface area contributed by atoms with Crippen LogP contribution in [0.15, 0.2) is 0 Å². The van der Waals surface area contributed by atoms with Gasteiger partial charge in [0.05, 0.1) is 0 Å². The highest BCUT2D eigenvalue weighted by Gasteiger charge is 1.97. The first kappa shape index (κ1) is 27.0. The first-order chi connectivity index (χ1) is 14.5. The highest BCUT2D eigenvalue weighted by atomic mass is 14.8. The summed E-state index contributed by atoms with van der Waals surface area (Å²) < 4.78 is 0. The third kappa shape index (κ3) is 22.5. The number of rotatable bonds is 0. The Morgan fingerprint density at radius 3 is 0.483 bits per heavy atom. The average Bonchev–Trinajstić information content (AvgIpc) is 2.73. The SMILES string of the molecule is C1CCCCCCCCCCCCCCNCCCCCCCCCCCCC1. The molecule has 0 bridgehead atoms. The predicted octanol–water partition coefficient (Wildman–Crippen LogP) is 9.73. The summed E-state index contributed by atoms with van der Waals surface area (Å²) >= 11 is 0. The van der Waals surface area contributed by atoms with Crippen molar-refractivity contribution < 1.29 is 0 Å². The van der Waals surface area contributed by atoms with E-state index in [0.717, 1.165) is 0 Å². The second kappa shape index (κ2) is 24.2. The second-order valence-corrected chi connectivity index (χ2v) is 9.94. The number of hydrogen-bond acceptors (Lipinski definition) is 1. The minimum absolute atomic E-state index is 1.25. The van der Waals surface area contributed by atoms with E-state index in [4.69, 9.17) is 0 Å². The van der Waals surface area contributed by atoms with Gasteiger partial charge in [0.2, 0.25) is 0 Å². The van der Waals surface area contributed by atoms with Crippen LogP contribution in [0.1, 0.15) is 167 Å². The summed E-state index contributed by atoms with van der Waals surface area (Å²) in [6.45, 7) is 2.50. The molecule has 1 N–H and O–H groups in total. The van der Waals surface area contributed by atoms with Gasteiger partial charge in [0.1, 0.15) is 0 Å². The van der Waals surface area contributed by atoms with Gasteiger partial charge in [-0.3, -0.25) is 0 Å². The summed E-state index contributed by atoms with van der Waals surface area (Å²) in [6.07, 6.45) is 38.3. The summed E-state index contributed by atoms with van der Waals surface area (Å²) in [5.41, 5.74) is 0. The van der Waals surface area contributed by atoms with Gasteiger partial charge in [0, 0.05) is 0 Å². The van der Waals surface area contributed by atoms with Crippen molar-refractivity contribution in [2.24, 2.45) is 0 Å². The maximum absolute atomic E-state index is 3.66. The first-order valence-corrected chi connectivity index (χ1v) is 14.2. The summed E-state index contributed by atoms with van der Waals surface area (Å²) in [4.78, 5) is 0. The molecular weight excluding hydrogens is 350 g/mol. The van der Waals surface area contributed by atoms with Crippen molar-refractivity contribution in [2.45, 2.75) is 167 Å². The molecule has 1 heterocycles. The van der Waals surface area contributed by atoms with E-state index in [1.54, 1.807) is 0 Å². The van der Waals surface area contributed by atoms with Gasteiger partial charge in [-0.2, -0.15) is 0 Å². The zero-order chi connectivity index (χ0) is 20.5. The fourth-order valence-electron chi connectivity index (χ4n) is 4.87. The largest absolute Gasteiger partial charge is 0.317 e. The highest BCUT2D eigenvalue weighted by Crippen LogP contribution is 2.16. The Balaban J connectivity index is 2.00. The van der Waals surface area contributed by atoms with Crippen LogP contribution in [0, 0.1) is 0 Å². The summed E-state index contributed by atoms with van der Waals surface area (Å²) in [6, 6.07) is 0. The zero-order valence-electron chi connectivity index (χ0n) is 20.3. The average molecular weight is 408 g/mol. The van der Waals surface area contributed by atoms with E-state index >= 15 is 0 Å². The Bertz CT molecular complexity index is 147. The predicted molar refractivity (Wildman–Crippen MR) is 133 cm³/mol. The van der Waals surface area contributed by atoms with E-state index in [9.17, 15) is 0 Å². The fourth-order valence-corrected chi connectivity index (χ4v) is 4.87. The third-order valence-electron chi connectivity index (χ3n) is 6.96. The van der Waals surface area contributed by atoms with Crippen LogP contribution in [0.3, 0.4) is 0 Å². The van der Waals surface area contributed by atoms with Gasteiger partial charge in [-0.05, 0) is 25.9 Å². The molecule has 1 aliphatic heterocycles. The molecule has 1 saturated heterocycles. The van der Waals surface area contributed by atoms with E-state index in [0.29, 0.717) is 0 Å². The minimum Gasteiger partial charge on any atom is -0.317 e. The van der Waals surface area contributed by atoms with Crippen molar-refractivity contribution in [1.82, 2.24) is 5.32 Å². The normalized spacial score (nSPS) is 24.0. The quantitative estimate of drug-likeness (QED) is 0.421. The monoisotopic (exact) mass is 407 g/mol. The Kier molecular flexibility index (Phi) is 22.6. The molecule has 0 saturated carbocycles. The zero-order valence-corrected chi connectivity index (χ0v) is 20.3. The Morgan fingerprint density at radius 1 is 0.172 bits per heavy atom. The van der Waals surface area contributed by atoms with Gasteiger partial charge < -0.3 is 5.32 Å². The van der Waals surface area contributed by atoms with E-state index in [1.165, 1.54) is 180 Å².